The highest BCUT2D eigenvalue weighted by Crippen LogP contribution is 2.26. The first kappa shape index (κ1) is 15.3. The van der Waals surface area contributed by atoms with E-state index in [9.17, 15) is 0 Å². The van der Waals surface area contributed by atoms with Gasteiger partial charge in [0.25, 0.3) is 0 Å². The summed E-state index contributed by atoms with van der Waals surface area (Å²) in [5.41, 5.74) is 1.47. The summed E-state index contributed by atoms with van der Waals surface area (Å²) in [6, 6.07) is 4.35. The Morgan fingerprint density at radius 2 is 2.05 bits per heavy atom. The van der Waals surface area contributed by atoms with Crippen LogP contribution in [-0.4, -0.2) is 23.6 Å². The van der Waals surface area contributed by atoms with Crippen LogP contribution in [0.15, 0.2) is 18.3 Å². The monoisotopic (exact) mass is 275 g/mol. The lowest BCUT2D eigenvalue weighted by atomic mass is 9.89. The lowest BCUT2D eigenvalue weighted by molar-refractivity contribution is 0.322. The first-order chi connectivity index (χ1) is 9.35. The third kappa shape index (κ3) is 4.20. The van der Waals surface area contributed by atoms with Crippen molar-refractivity contribution in [2.75, 3.05) is 18.0 Å². The van der Waals surface area contributed by atoms with E-state index < -0.39 is 0 Å². The van der Waals surface area contributed by atoms with E-state index in [1.54, 1.807) is 0 Å². The molecule has 0 radical (unpaired) electrons. The number of nitrogens with zero attached hydrogens (tertiary/aromatic N) is 2. The quantitative estimate of drug-likeness (QED) is 0.916. The van der Waals surface area contributed by atoms with Gasteiger partial charge in [-0.05, 0) is 56.7 Å². The molecule has 0 amide bonds. The van der Waals surface area contributed by atoms with Gasteiger partial charge in [-0.15, -0.1) is 0 Å². The molecule has 20 heavy (non-hydrogen) atoms. The number of nitrogens with one attached hydrogen (secondary N) is 1. The topological polar surface area (TPSA) is 28.2 Å². The molecule has 0 saturated carbocycles. The lowest BCUT2D eigenvalue weighted by Gasteiger charge is -2.36. The first-order valence-corrected chi connectivity index (χ1v) is 7.80. The number of hydrogen-bond acceptors (Lipinski definition) is 3. The van der Waals surface area contributed by atoms with Gasteiger partial charge in [0.05, 0.1) is 0 Å². The van der Waals surface area contributed by atoms with E-state index in [-0.39, 0.29) is 5.54 Å². The third-order valence-electron chi connectivity index (χ3n) is 4.29. The molecule has 1 aromatic rings. The third-order valence-corrected chi connectivity index (χ3v) is 4.29. The molecule has 1 N–H and O–H groups in total. The highest BCUT2D eigenvalue weighted by atomic mass is 15.2. The van der Waals surface area contributed by atoms with Crippen LogP contribution in [0.3, 0.4) is 0 Å². The SMILES string of the molecule is CC1CCN(c2cc(CNC(C)(C)C)ccn2)CC1C. The van der Waals surface area contributed by atoms with E-state index in [1.165, 1.54) is 12.0 Å². The van der Waals surface area contributed by atoms with Crippen LogP contribution in [0, 0.1) is 11.8 Å². The second-order valence-corrected chi connectivity index (χ2v) is 7.32. The fraction of sp³-hybridized carbons (Fsp3) is 0.706. The second-order valence-electron chi connectivity index (χ2n) is 7.32. The Labute approximate surface area is 123 Å². The first-order valence-electron chi connectivity index (χ1n) is 7.80. The largest absolute Gasteiger partial charge is 0.356 e. The average molecular weight is 275 g/mol. The van der Waals surface area contributed by atoms with Crippen molar-refractivity contribution in [2.45, 2.75) is 53.1 Å². The summed E-state index contributed by atoms with van der Waals surface area (Å²) >= 11 is 0. The summed E-state index contributed by atoms with van der Waals surface area (Å²) in [6.45, 7) is 14.5. The van der Waals surface area contributed by atoms with Crippen LogP contribution >= 0.6 is 0 Å². The van der Waals surface area contributed by atoms with Gasteiger partial charge in [-0.25, -0.2) is 4.98 Å². The van der Waals surface area contributed by atoms with E-state index in [0.717, 1.165) is 37.3 Å². The molecule has 0 aliphatic carbocycles. The van der Waals surface area contributed by atoms with Crippen LogP contribution in [-0.2, 0) is 6.54 Å². The van der Waals surface area contributed by atoms with E-state index in [0.29, 0.717) is 0 Å². The molecule has 2 unspecified atom stereocenters. The van der Waals surface area contributed by atoms with Crippen molar-refractivity contribution in [3.8, 4) is 0 Å². The van der Waals surface area contributed by atoms with Crippen molar-refractivity contribution in [3.63, 3.8) is 0 Å². The standard InChI is InChI=1S/C17H29N3/c1-13-7-9-20(12-14(13)2)16-10-15(6-8-18-16)11-19-17(3,4)5/h6,8,10,13-14,19H,7,9,11-12H2,1-5H3. The van der Waals surface area contributed by atoms with Crippen molar-refractivity contribution in [2.24, 2.45) is 11.8 Å². The molecule has 2 heterocycles. The summed E-state index contributed by atoms with van der Waals surface area (Å²) in [7, 11) is 0. The number of hydrogen-bond donors (Lipinski definition) is 1. The lowest BCUT2D eigenvalue weighted by Crippen LogP contribution is -2.39. The van der Waals surface area contributed by atoms with Crippen LogP contribution in [0.2, 0.25) is 0 Å². The molecule has 1 fully saturated rings. The van der Waals surface area contributed by atoms with Gasteiger partial charge in [-0.1, -0.05) is 13.8 Å². The molecule has 2 atom stereocenters. The number of anilines is 1. The van der Waals surface area contributed by atoms with Crippen molar-refractivity contribution in [3.05, 3.63) is 23.9 Å². The maximum absolute atomic E-state index is 4.57. The Morgan fingerprint density at radius 3 is 2.70 bits per heavy atom. The predicted octanol–water partition coefficient (Wildman–Crippen LogP) is 3.45. The molecule has 0 aromatic carbocycles. The van der Waals surface area contributed by atoms with E-state index >= 15 is 0 Å². The summed E-state index contributed by atoms with van der Waals surface area (Å²) in [5, 5.41) is 3.54. The number of piperidine rings is 1. The highest BCUT2D eigenvalue weighted by Gasteiger charge is 2.23. The molecule has 3 heteroatoms. The zero-order valence-electron chi connectivity index (χ0n) is 13.6. The van der Waals surface area contributed by atoms with Crippen LogP contribution < -0.4 is 10.2 Å². The molecule has 112 valence electrons. The smallest absolute Gasteiger partial charge is 0.128 e. The molecule has 1 saturated heterocycles. The Balaban J connectivity index is 2.02. The maximum Gasteiger partial charge on any atom is 0.128 e. The Morgan fingerprint density at radius 1 is 1.30 bits per heavy atom. The summed E-state index contributed by atoms with van der Waals surface area (Å²) in [4.78, 5) is 7.00. The minimum absolute atomic E-state index is 0.151. The van der Waals surface area contributed by atoms with Gasteiger partial charge in [-0.3, -0.25) is 0 Å². The Bertz CT molecular complexity index is 436. The van der Waals surface area contributed by atoms with Crippen molar-refractivity contribution in [1.82, 2.24) is 10.3 Å². The molecular weight excluding hydrogens is 246 g/mol. The van der Waals surface area contributed by atoms with Crippen molar-refractivity contribution in [1.29, 1.82) is 0 Å². The fourth-order valence-corrected chi connectivity index (χ4v) is 2.58. The molecule has 1 aromatic heterocycles. The van der Waals surface area contributed by atoms with Gasteiger partial charge in [0, 0.05) is 31.4 Å². The van der Waals surface area contributed by atoms with Gasteiger partial charge in [-0.2, -0.15) is 0 Å². The van der Waals surface area contributed by atoms with Crippen LogP contribution in [0.4, 0.5) is 5.82 Å². The van der Waals surface area contributed by atoms with E-state index in [4.69, 9.17) is 0 Å². The van der Waals surface area contributed by atoms with Crippen molar-refractivity contribution < 1.29 is 0 Å². The zero-order valence-corrected chi connectivity index (χ0v) is 13.6. The van der Waals surface area contributed by atoms with Gasteiger partial charge in [0.15, 0.2) is 0 Å². The summed E-state index contributed by atoms with van der Waals surface area (Å²) < 4.78 is 0. The molecule has 3 nitrogen and oxygen atoms in total. The normalized spacial score (nSPS) is 23.9. The van der Waals surface area contributed by atoms with Gasteiger partial charge < -0.3 is 10.2 Å². The second kappa shape index (κ2) is 6.13. The van der Waals surface area contributed by atoms with E-state index in [2.05, 4.69) is 62.0 Å². The number of rotatable bonds is 3. The maximum atomic E-state index is 4.57. The van der Waals surface area contributed by atoms with Gasteiger partial charge >= 0.3 is 0 Å². The summed E-state index contributed by atoms with van der Waals surface area (Å²) in [5.74, 6) is 2.72. The fourth-order valence-electron chi connectivity index (χ4n) is 2.58. The van der Waals surface area contributed by atoms with Gasteiger partial charge in [0.2, 0.25) is 0 Å². The molecule has 2 rings (SSSR count). The minimum atomic E-state index is 0.151. The molecule has 0 bridgehead atoms. The molecular formula is C17H29N3. The molecule has 1 aliphatic heterocycles. The predicted molar refractivity (Wildman–Crippen MR) is 86.0 cm³/mol. The van der Waals surface area contributed by atoms with Crippen molar-refractivity contribution >= 4 is 5.82 Å². The zero-order chi connectivity index (χ0) is 14.8. The van der Waals surface area contributed by atoms with E-state index in [1.807, 2.05) is 6.20 Å². The number of pyridine rings is 1. The number of aromatic nitrogens is 1. The minimum Gasteiger partial charge on any atom is -0.356 e. The molecule has 1 aliphatic rings. The van der Waals surface area contributed by atoms with Crippen LogP contribution in [0.1, 0.15) is 46.6 Å². The van der Waals surface area contributed by atoms with Crippen LogP contribution in [0.5, 0.6) is 0 Å². The van der Waals surface area contributed by atoms with Gasteiger partial charge in [0.1, 0.15) is 5.82 Å². The Hall–Kier alpha value is -1.09. The molecule has 0 spiro atoms. The summed E-state index contributed by atoms with van der Waals surface area (Å²) in [6.07, 6.45) is 3.21. The highest BCUT2D eigenvalue weighted by molar-refractivity contribution is 5.41. The average Bonchev–Trinajstić information content (AvgIpc) is 2.39. The Kier molecular flexibility index (Phi) is 4.69. The van der Waals surface area contributed by atoms with Crippen LogP contribution in [0.25, 0.3) is 0 Å².